The van der Waals surface area contributed by atoms with Gasteiger partial charge in [0.1, 0.15) is 5.69 Å². The molecule has 0 bridgehead atoms. The second-order valence-electron chi connectivity index (χ2n) is 4.75. The van der Waals surface area contributed by atoms with E-state index >= 15 is 0 Å². The van der Waals surface area contributed by atoms with E-state index in [0.29, 0.717) is 21.3 Å². The molecule has 0 fully saturated rings. The average molecular weight is 344 g/mol. The Bertz CT molecular complexity index is 909. The van der Waals surface area contributed by atoms with E-state index in [1.54, 1.807) is 24.3 Å². The number of nitrogens with one attached hydrogen (secondary N) is 1. The van der Waals surface area contributed by atoms with E-state index in [-0.39, 0.29) is 0 Å². The van der Waals surface area contributed by atoms with Gasteiger partial charge in [0.2, 0.25) is 0 Å². The van der Waals surface area contributed by atoms with E-state index < -0.39 is 5.91 Å². The fourth-order valence-corrected chi connectivity index (χ4v) is 2.47. The summed E-state index contributed by atoms with van der Waals surface area (Å²) in [6.45, 7) is 0. The third-order valence-electron chi connectivity index (χ3n) is 3.16. The summed E-state index contributed by atoms with van der Waals surface area (Å²) < 4.78 is 0. The van der Waals surface area contributed by atoms with Crippen LogP contribution in [0.4, 0.5) is 0 Å². The molecule has 0 radical (unpaired) electrons. The lowest BCUT2D eigenvalue weighted by molar-refractivity contribution is 0.0950. The van der Waals surface area contributed by atoms with Crippen molar-refractivity contribution in [3.63, 3.8) is 0 Å². The van der Waals surface area contributed by atoms with Crippen LogP contribution in [0.5, 0.6) is 0 Å². The quantitative estimate of drug-likeness (QED) is 0.569. The van der Waals surface area contributed by atoms with Crippen LogP contribution in [-0.4, -0.2) is 17.1 Å². The zero-order valence-electron chi connectivity index (χ0n) is 11.8. The van der Waals surface area contributed by atoms with Gasteiger partial charge in [0, 0.05) is 16.0 Å². The van der Waals surface area contributed by atoms with Crippen molar-refractivity contribution in [2.75, 3.05) is 0 Å². The van der Waals surface area contributed by atoms with Crippen LogP contribution in [0.1, 0.15) is 16.1 Å². The highest BCUT2D eigenvalue weighted by Crippen LogP contribution is 2.19. The summed E-state index contributed by atoms with van der Waals surface area (Å²) in [5, 5.41) is 5.87. The molecular formula is C17H11Cl2N3O. The van der Waals surface area contributed by atoms with Gasteiger partial charge in [-0.1, -0.05) is 53.5 Å². The first-order valence-electron chi connectivity index (χ1n) is 6.78. The minimum Gasteiger partial charge on any atom is -0.266 e. The SMILES string of the molecule is O=C(N/N=C/c1ccc(Cl)cc1Cl)c1ccc2ccccc2n1. The summed E-state index contributed by atoms with van der Waals surface area (Å²) in [6.07, 6.45) is 1.46. The van der Waals surface area contributed by atoms with Crippen LogP contribution in [0.15, 0.2) is 59.7 Å². The lowest BCUT2D eigenvalue weighted by Gasteiger charge is -2.02. The minimum absolute atomic E-state index is 0.294. The van der Waals surface area contributed by atoms with E-state index in [1.807, 2.05) is 30.3 Å². The van der Waals surface area contributed by atoms with Gasteiger partial charge in [-0.3, -0.25) is 4.79 Å². The molecule has 0 unspecified atom stereocenters. The molecule has 0 aliphatic heterocycles. The first-order chi connectivity index (χ1) is 11.1. The molecule has 23 heavy (non-hydrogen) atoms. The van der Waals surface area contributed by atoms with Crippen molar-refractivity contribution in [2.24, 2.45) is 5.10 Å². The molecule has 1 heterocycles. The Morgan fingerprint density at radius 3 is 2.74 bits per heavy atom. The standard InChI is InChI=1S/C17H11Cl2N3O/c18-13-7-5-12(14(19)9-13)10-20-22-17(23)16-8-6-11-3-1-2-4-15(11)21-16/h1-10H,(H,22,23)/b20-10+. The number of halogens is 2. The number of carbonyl (C=O) groups excluding carboxylic acids is 1. The summed E-state index contributed by atoms with van der Waals surface area (Å²) in [7, 11) is 0. The molecule has 0 aliphatic rings. The summed E-state index contributed by atoms with van der Waals surface area (Å²) in [4.78, 5) is 16.4. The molecule has 3 rings (SSSR count). The Labute approximate surface area is 142 Å². The van der Waals surface area contributed by atoms with Crippen LogP contribution in [0.3, 0.4) is 0 Å². The summed E-state index contributed by atoms with van der Waals surface area (Å²) in [5.74, 6) is -0.392. The maximum atomic E-state index is 12.1. The van der Waals surface area contributed by atoms with Crippen LogP contribution >= 0.6 is 23.2 Å². The molecule has 2 aromatic carbocycles. The van der Waals surface area contributed by atoms with Crippen LogP contribution in [0, 0.1) is 0 Å². The van der Waals surface area contributed by atoms with Crippen molar-refractivity contribution < 1.29 is 4.79 Å². The number of amides is 1. The topological polar surface area (TPSA) is 54.4 Å². The zero-order valence-corrected chi connectivity index (χ0v) is 13.3. The number of hydrogen-bond donors (Lipinski definition) is 1. The molecule has 1 N–H and O–H groups in total. The average Bonchev–Trinajstić information content (AvgIpc) is 2.56. The first-order valence-corrected chi connectivity index (χ1v) is 7.53. The maximum Gasteiger partial charge on any atom is 0.289 e. The van der Waals surface area contributed by atoms with Crippen LogP contribution in [0.25, 0.3) is 10.9 Å². The number of pyridine rings is 1. The number of para-hydroxylation sites is 1. The van der Waals surface area contributed by atoms with Crippen LogP contribution in [0.2, 0.25) is 10.0 Å². The van der Waals surface area contributed by atoms with Crippen LogP contribution in [-0.2, 0) is 0 Å². The summed E-state index contributed by atoms with van der Waals surface area (Å²) in [5.41, 5.74) is 4.13. The zero-order chi connectivity index (χ0) is 16.2. The first kappa shape index (κ1) is 15.5. The molecule has 1 aromatic heterocycles. The van der Waals surface area contributed by atoms with E-state index in [1.165, 1.54) is 6.21 Å². The Morgan fingerprint density at radius 1 is 1.09 bits per heavy atom. The molecule has 0 atom stereocenters. The van der Waals surface area contributed by atoms with Crippen molar-refractivity contribution >= 4 is 46.2 Å². The van der Waals surface area contributed by atoms with E-state index in [2.05, 4.69) is 15.5 Å². The van der Waals surface area contributed by atoms with Gasteiger partial charge in [0.15, 0.2) is 0 Å². The highest BCUT2D eigenvalue weighted by Gasteiger charge is 2.07. The van der Waals surface area contributed by atoms with Gasteiger partial charge in [-0.2, -0.15) is 5.10 Å². The summed E-state index contributed by atoms with van der Waals surface area (Å²) >= 11 is 11.8. The minimum atomic E-state index is -0.392. The number of benzene rings is 2. The second kappa shape index (κ2) is 6.77. The van der Waals surface area contributed by atoms with Gasteiger partial charge in [-0.25, -0.2) is 10.4 Å². The Morgan fingerprint density at radius 2 is 1.91 bits per heavy atom. The van der Waals surface area contributed by atoms with Crippen molar-refractivity contribution in [1.29, 1.82) is 0 Å². The van der Waals surface area contributed by atoms with Crippen LogP contribution < -0.4 is 5.43 Å². The Hall–Kier alpha value is -2.43. The lowest BCUT2D eigenvalue weighted by Crippen LogP contribution is -2.18. The normalized spacial score (nSPS) is 11.0. The molecule has 0 aliphatic carbocycles. The largest absolute Gasteiger partial charge is 0.289 e. The van der Waals surface area contributed by atoms with Gasteiger partial charge in [-0.05, 0) is 24.3 Å². The molecule has 6 heteroatoms. The predicted octanol–water partition coefficient (Wildman–Crippen LogP) is 4.31. The lowest BCUT2D eigenvalue weighted by atomic mass is 10.2. The Balaban J connectivity index is 1.74. The van der Waals surface area contributed by atoms with Gasteiger partial charge in [0.25, 0.3) is 5.91 Å². The molecule has 0 spiro atoms. The summed E-state index contributed by atoms with van der Waals surface area (Å²) in [6, 6.07) is 16.1. The molecular weight excluding hydrogens is 333 g/mol. The highest BCUT2D eigenvalue weighted by molar-refractivity contribution is 6.36. The second-order valence-corrected chi connectivity index (χ2v) is 5.60. The fourth-order valence-electron chi connectivity index (χ4n) is 2.02. The smallest absolute Gasteiger partial charge is 0.266 e. The molecule has 3 aromatic rings. The van der Waals surface area contributed by atoms with Gasteiger partial charge >= 0.3 is 0 Å². The monoisotopic (exact) mass is 343 g/mol. The maximum absolute atomic E-state index is 12.1. The molecule has 114 valence electrons. The highest BCUT2D eigenvalue weighted by atomic mass is 35.5. The number of hydrogen-bond acceptors (Lipinski definition) is 3. The van der Waals surface area contributed by atoms with Crippen molar-refractivity contribution in [3.05, 3.63) is 75.9 Å². The van der Waals surface area contributed by atoms with Crippen molar-refractivity contribution in [1.82, 2.24) is 10.4 Å². The number of hydrazone groups is 1. The fraction of sp³-hybridized carbons (Fsp3) is 0. The van der Waals surface area contributed by atoms with E-state index in [4.69, 9.17) is 23.2 Å². The Kier molecular flexibility index (Phi) is 4.55. The molecule has 0 saturated heterocycles. The third-order valence-corrected chi connectivity index (χ3v) is 3.73. The molecule has 4 nitrogen and oxygen atoms in total. The number of aromatic nitrogens is 1. The number of rotatable bonds is 3. The molecule has 0 saturated carbocycles. The number of carbonyl (C=O) groups is 1. The van der Waals surface area contributed by atoms with E-state index in [9.17, 15) is 4.79 Å². The third kappa shape index (κ3) is 3.67. The molecule has 1 amide bonds. The van der Waals surface area contributed by atoms with E-state index in [0.717, 1.165) is 10.9 Å². The van der Waals surface area contributed by atoms with Gasteiger partial charge in [-0.15, -0.1) is 0 Å². The van der Waals surface area contributed by atoms with Crippen molar-refractivity contribution in [3.8, 4) is 0 Å². The van der Waals surface area contributed by atoms with Gasteiger partial charge < -0.3 is 0 Å². The number of fused-ring (bicyclic) bond motifs is 1. The van der Waals surface area contributed by atoms with Crippen molar-refractivity contribution in [2.45, 2.75) is 0 Å². The predicted molar refractivity (Wildman–Crippen MR) is 93.3 cm³/mol. The van der Waals surface area contributed by atoms with Gasteiger partial charge in [0.05, 0.1) is 16.8 Å². The number of nitrogens with zero attached hydrogens (tertiary/aromatic N) is 2.